The Morgan fingerprint density at radius 1 is 1.18 bits per heavy atom. The molecule has 0 saturated carbocycles. The molecule has 0 spiro atoms. The van der Waals surface area contributed by atoms with Gasteiger partial charge in [0.05, 0.1) is 0 Å². The third kappa shape index (κ3) is 3.07. The average Bonchev–Trinajstić information content (AvgIpc) is 2.77. The number of hydrogen-bond acceptors (Lipinski definition) is 2. The van der Waals surface area contributed by atoms with Crippen LogP contribution in [-0.4, -0.2) is 10.7 Å². The molecule has 1 aromatic heterocycles. The number of rotatable bonds is 5. The fourth-order valence-electron chi connectivity index (χ4n) is 1.72. The molecular weight excluding hydrogens is 228 g/mol. The molecule has 1 heterocycles. The van der Waals surface area contributed by atoms with Crippen LogP contribution in [0.25, 0.3) is 11.1 Å². The molecule has 0 saturated heterocycles. The van der Waals surface area contributed by atoms with Gasteiger partial charge in [-0.3, -0.25) is 0 Å². The molecule has 90 valence electrons. The zero-order valence-electron chi connectivity index (χ0n) is 10.3. The summed E-state index contributed by atoms with van der Waals surface area (Å²) in [5.74, 6) is 1.14. The summed E-state index contributed by atoms with van der Waals surface area (Å²) in [7, 11) is 0. The Hall–Kier alpha value is -1.35. The first-order valence-electron chi connectivity index (χ1n) is 5.93. The lowest BCUT2D eigenvalue weighted by molar-refractivity contribution is 1.11. The van der Waals surface area contributed by atoms with Crippen molar-refractivity contribution >= 4 is 17.6 Å². The molecule has 0 unspecified atom stereocenters. The van der Waals surface area contributed by atoms with Crippen LogP contribution in [0.4, 0.5) is 5.69 Å². The number of anilines is 1. The Balaban J connectivity index is 2.06. The second-order valence-corrected chi connectivity index (χ2v) is 4.95. The topological polar surface area (TPSA) is 27.8 Å². The van der Waals surface area contributed by atoms with Crippen LogP contribution in [0.5, 0.6) is 0 Å². The van der Waals surface area contributed by atoms with Gasteiger partial charge < -0.3 is 9.71 Å². The highest BCUT2D eigenvalue weighted by Gasteiger charge is 2.02. The molecule has 2 N–H and O–H groups in total. The van der Waals surface area contributed by atoms with Crippen molar-refractivity contribution in [1.29, 1.82) is 0 Å². The maximum atomic E-state index is 3.34. The number of aryl methyl sites for hydroxylation is 1. The van der Waals surface area contributed by atoms with Crippen molar-refractivity contribution < 1.29 is 0 Å². The second kappa shape index (κ2) is 5.82. The number of nitrogens with one attached hydrogen (secondary N) is 2. The summed E-state index contributed by atoms with van der Waals surface area (Å²) in [5, 5.41) is 0. The van der Waals surface area contributed by atoms with Gasteiger partial charge in [0.2, 0.25) is 0 Å². The molecule has 2 nitrogen and oxygen atoms in total. The minimum Gasteiger partial charge on any atom is -0.365 e. The lowest BCUT2D eigenvalue weighted by atomic mass is 10.1. The van der Waals surface area contributed by atoms with Crippen LogP contribution in [0.3, 0.4) is 0 Å². The molecular formula is C14H18N2S. The average molecular weight is 246 g/mol. The zero-order valence-corrected chi connectivity index (χ0v) is 11.1. The maximum absolute atomic E-state index is 3.34. The van der Waals surface area contributed by atoms with Crippen LogP contribution >= 0.6 is 11.9 Å². The fraction of sp³-hybridized carbons (Fsp3) is 0.286. The summed E-state index contributed by atoms with van der Waals surface area (Å²) in [6.45, 7) is 4.28. The van der Waals surface area contributed by atoms with E-state index in [9.17, 15) is 0 Å². The highest BCUT2D eigenvalue weighted by molar-refractivity contribution is 8.00. The molecule has 0 aliphatic rings. The predicted molar refractivity (Wildman–Crippen MR) is 77.3 cm³/mol. The highest BCUT2D eigenvalue weighted by atomic mass is 32.2. The number of hydrogen-bond donors (Lipinski definition) is 2. The van der Waals surface area contributed by atoms with E-state index >= 15 is 0 Å². The molecule has 0 amide bonds. The van der Waals surface area contributed by atoms with Gasteiger partial charge in [0.25, 0.3) is 0 Å². The van der Waals surface area contributed by atoms with Gasteiger partial charge in [0.15, 0.2) is 0 Å². The first-order valence-corrected chi connectivity index (χ1v) is 6.92. The quantitative estimate of drug-likeness (QED) is 0.602. The van der Waals surface area contributed by atoms with Gasteiger partial charge in [-0.15, -0.1) is 0 Å². The van der Waals surface area contributed by atoms with Crippen molar-refractivity contribution in [1.82, 2.24) is 4.98 Å². The third-order valence-corrected chi connectivity index (χ3v) is 3.64. The minimum atomic E-state index is 1.14. The number of aromatic nitrogens is 1. The molecule has 0 radical (unpaired) electrons. The highest BCUT2D eigenvalue weighted by Crippen LogP contribution is 2.24. The summed E-state index contributed by atoms with van der Waals surface area (Å²) in [4.78, 5) is 3.20. The van der Waals surface area contributed by atoms with Gasteiger partial charge in [-0.05, 0) is 37.1 Å². The van der Waals surface area contributed by atoms with Crippen LogP contribution in [0.2, 0.25) is 0 Å². The third-order valence-electron chi connectivity index (χ3n) is 2.65. The molecule has 0 aliphatic heterocycles. The molecule has 0 aliphatic carbocycles. The van der Waals surface area contributed by atoms with Crippen molar-refractivity contribution in [2.24, 2.45) is 0 Å². The summed E-state index contributed by atoms with van der Waals surface area (Å²) >= 11 is 1.76. The van der Waals surface area contributed by atoms with Crippen molar-refractivity contribution in [2.75, 3.05) is 10.5 Å². The smallest absolute Gasteiger partial charge is 0.0440 e. The zero-order chi connectivity index (χ0) is 12.1. The number of H-pyrrole nitrogens is 1. The van der Waals surface area contributed by atoms with Gasteiger partial charge in [0, 0.05) is 28.9 Å². The standard InChI is InChI=1S/C14H18N2S/c1-3-10-17-16-13-6-4-12(5-7-13)14-8-9-15-11(14)2/h4-9,15-16H,3,10H2,1-2H3. The SMILES string of the molecule is CCCSNc1ccc(-c2cc[nH]c2C)cc1. The molecule has 1 aromatic carbocycles. The fourth-order valence-corrected chi connectivity index (χ4v) is 2.33. The van der Waals surface area contributed by atoms with E-state index < -0.39 is 0 Å². The Morgan fingerprint density at radius 2 is 1.94 bits per heavy atom. The minimum absolute atomic E-state index is 1.14. The Kier molecular flexibility index (Phi) is 4.15. The molecule has 0 atom stereocenters. The van der Waals surface area contributed by atoms with Crippen molar-refractivity contribution in [2.45, 2.75) is 20.3 Å². The van der Waals surface area contributed by atoms with Crippen LogP contribution in [0.1, 0.15) is 19.0 Å². The molecule has 3 heteroatoms. The van der Waals surface area contributed by atoms with E-state index in [0.29, 0.717) is 0 Å². The predicted octanol–water partition coefficient (Wildman–Crippen LogP) is 4.46. The Bertz CT molecular complexity index is 459. The summed E-state index contributed by atoms with van der Waals surface area (Å²) in [6.07, 6.45) is 3.17. The molecule has 2 rings (SSSR count). The van der Waals surface area contributed by atoms with E-state index in [4.69, 9.17) is 0 Å². The van der Waals surface area contributed by atoms with E-state index in [1.807, 2.05) is 6.20 Å². The van der Waals surface area contributed by atoms with E-state index in [0.717, 1.165) is 5.75 Å². The van der Waals surface area contributed by atoms with E-state index in [2.05, 4.69) is 53.9 Å². The molecule has 2 aromatic rings. The summed E-state index contributed by atoms with van der Waals surface area (Å²) in [6, 6.07) is 10.7. The van der Waals surface area contributed by atoms with Crippen molar-refractivity contribution in [3.63, 3.8) is 0 Å². The maximum Gasteiger partial charge on any atom is 0.0440 e. The monoisotopic (exact) mass is 246 g/mol. The summed E-state index contributed by atoms with van der Waals surface area (Å²) in [5.41, 5.74) is 4.92. The lowest BCUT2D eigenvalue weighted by Gasteiger charge is -2.06. The molecule has 17 heavy (non-hydrogen) atoms. The Labute approximate surface area is 107 Å². The molecule has 0 bridgehead atoms. The first kappa shape index (κ1) is 12.1. The number of aromatic amines is 1. The van der Waals surface area contributed by atoms with Crippen LogP contribution in [0, 0.1) is 6.92 Å². The van der Waals surface area contributed by atoms with Gasteiger partial charge in [-0.2, -0.15) is 0 Å². The summed E-state index contributed by atoms with van der Waals surface area (Å²) < 4.78 is 3.34. The van der Waals surface area contributed by atoms with E-state index in [-0.39, 0.29) is 0 Å². The van der Waals surface area contributed by atoms with Crippen molar-refractivity contribution in [3.8, 4) is 11.1 Å². The van der Waals surface area contributed by atoms with E-state index in [1.165, 1.54) is 28.9 Å². The van der Waals surface area contributed by atoms with Gasteiger partial charge in [-0.1, -0.05) is 31.0 Å². The van der Waals surface area contributed by atoms with Crippen LogP contribution in [0.15, 0.2) is 36.5 Å². The first-order chi connectivity index (χ1) is 8.31. The molecule has 0 fully saturated rings. The largest absolute Gasteiger partial charge is 0.365 e. The number of benzene rings is 1. The van der Waals surface area contributed by atoms with Gasteiger partial charge in [-0.25, -0.2) is 0 Å². The van der Waals surface area contributed by atoms with Crippen LogP contribution < -0.4 is 4.72 Å². The Morgan fingerprint density at radius 3 is 2.53 bits per heavy atom. The van der Waals surface area contributed by atoms with E-state index in [1.54, 1.807) is 11.9 Å². The van der Waals surface area contributed by atoms with Gasteiger partial charge >= 0.3 is 0 Å². The van der Waals surface area contributed by atoms with Gasteiger partial charge in [0.1, 0.15) is 0 Å². The van der Waals surface area contributed by atoms with Crippen LogP contribution in [-0.2, 0) is 0 Å². The second-order valence-electron chi connectivity index (χ2n) is 4.04. The lowest BCUT2D eigenvalue weighted by Crippen LogP contribution is -1.88. The van der Waals surface area contributed by atoms with Crippen molar-refractivity contribution in [3.05, 3.63) is 42.2 Å². The normalized spacial score (nSPS) is 10.5.